The molecule has 21 heavy (non-hydrogen) atoms. The average Bonchev–Trinajstić information content (AvgIpc) is 2.47. The van der Waals surface area contributed by atoms with Crippen LogP contribution in [0.4, 0.5) is 5.69 Å². The van der Waals surface area contributed by atoms with E-state index in [1.165, 1.54) is 36.4 Å². The molecule has 0 aliphatic heterocycles. The number of nitro benzene ring substituents is 1. The molecule has 0 aliphatic carbocycles. The van der Waals surface area contributed by atoms with Gasteiger partial charge in [-0.2, -0.15) is 8.42 Å². The van der Waals surface area contributed by atoms with Crippen LogP contribution in [0.3, 0.4) is 0 Å². The van der Waals surface area contributed by atoms with Gasteiger partial charge in [0, 0.05) is 17.7 Å². The van der Waals surface area contributed by atoms with Crippen molar-refractivity contribution in [1.82, 2.24) is 0 Å². The van der Waals surface area contributed by atoms with Gasteiger partial charge in [0.25, 0.3) is 5.69 Å². The number of carbonyl (C=O) groups excluding carboxylic acids is 1. The third kappa shape index (κ3) is 3.42. The number of aldehydes is 1. The molecule has 8 heteroatoms. The summed E-state index contributed by atoms with van der Waals surface area (Å²) in [5.74, 6) is -0.0416. The van der Waals surface area contributed by atoms with Crippen molar-refractivity contribution in [2.24, 2.45) is 0 Å². The zero-order valence-corrected chi connectivity index (χ0v) is 11.3. The second-order valence-corrected chi connectivity index (χ2v) is 5.52. The number of carbonyl (C=O) groups is 1. The summed E-state index contributed by atoms with van der Waals surface area (Å²) >= 11 is 0. The summed E-state index contributed by atoms with van der Waals surface area (Å²) in [6, 6.07) is 9.83. The maximum absolute atomic E-state index is 12.0. The Bertz CT molecular complexity index is 765. The number of nitro groups is 1. The Morgan fingerprint density at radius 1 is 1.00 bits per heavy atom. The molecule has 0 saturated heterocycles. The molecule has 0 unspecified atom stereocenters. The lowest BCUT2D eigenvalue weighted by Crippen LogP contribution is -2.09. The molecular formula is C13H9NO6S. The van der Waals surface area contributed by atoms with Crippen LogP contribution < -0.4 is 4.18 Å². The Morgan fingerprint density at radius 3 is 2.05 bits per heavy atom. The van der Waals surface area contributed by atoms with Gasteiger partial charge in [0.1, 0.15) is 16.9 Å². The highest BCUT2D eigenvalue weighted by atomic mass is 32.2. The van der Waals surface area contributed by atoms with E-state index < -0.39 is 15.0 Å². The van der Waals surface area contributed by atoms with Crippen LogP contribution in [0.2, 0.25) is 0 Å². The lowest BCUT2D eigenvalue weighted by Gasteiger charge is -2.06. The summed E-state index contributed by atoms with van der Waals surface area (Å²) in [7, 11) is -4.06. The van der Waals surface area contributed by atoms with Crippen molar-refractivity contribution in [3.8, 4) is 5.75 Å². The number of hydrogen-bond donors (Lipinski definition) is 0. The van der Waals surface area contributed by atoms with Crippen LogP contribution in [0.1, 0.15) is 10.4 Å². The Morgan fingerprint density at radius 2 is 1.57 bits per heavy atom. The molecule has 0 saturated carbocycles. The van der Waals surface area contributed by atoms with E-state index >= 15 is 0 Å². The minimum absolute atomic E-state index is 0.0416. The zero-order chi connectivity index (χ0) is 15.5. The highest BCUT2D eigenvalue weighted by molar-refractivity contribution is 7.87. The fraction of sp³-hybridized carbons (Fsp3) is 0. The molecule has 7 nitrogen and oxygen atoms in total. The van der Waals surface area contributed by atoms with Crippen LogP contribution in [0.15, 0.2) is 53.4 Å². The molecule has 0 radical (unpaired) electrons. The predicted octanol–water partition coefficient (Wildman–Crippen LogP) is 2.17. The molecule has 0 atom stereocenters. The highest BCUT2D eigenvalue weighted by Crippen LogP contribution is 2.21. The SMILES string of the molecule is O=Cc1ccc(S(=O)(=O)Oc2ccc([N+](=O)[O-])cc2)cc1. The van der Waals surface area contributed by atoms with E-state index in [1.807, 2.05) is 0 Å². The van der Waals surface area contributed by atoms with Crippen molar-refractivity contribution < 1.29 is 22.3 Å². The van der Waals surface area contributed by atoms with Gasteiger partial charge >= 0.3 is 10.1 Å². The van der Waals surface area contributed by atoms with Crippen LogP contribution in [0, 0.1) is 10.1 Å². The molecule has 0 heterocycles. The normalized spacial score (nSPS) is 10.9. The molecule has 0 aromatic heterocycles. The van der Waals surface area contributed by atoms with Gasteiger partial charge in [-0.3, -0.25) is 14.9 Å². The van der Waals surface area contributed by atoms with E-state index in [-0.39, 0.29) is 16.3 Å². The Labute approximate surface area is 120 Å². The van der Waals surface area contributed by atoms with Crippen molar-refractivity contribution in [2.75, 3.05) is 0 Å². The highest BCUT2D eigenvalue weighted by Gasteiger charge is 2.17. The van der Waals surface area contributed by atoms with Crippen LogP contribution in [0.5, 0.6) is 5.75 Å². The maximum Gasteiger partial charge on any atom is 0.339 e. The molecule has 2 aromatic carbocycles. The third-order valence-corrected chi connectivity index (χ3v) is 3.82. The van der Waals surface area contributed by atoms with E-state index in [2.05, 4.69) is 0 Å². The lowest BCUT2D eigenvalue weighted by molar-refractivity contribution is -0.384. The number of non-ortho nitro benzene ring substituents is 1. The van der Waals surface area contributed by atoms with Gasteiger partial charge in [0.05, 0.1) is 4.92 Å². The molecule has 2 rings (SSSR count). The fourth-order valence-corrected chi connectivity index (χ4v) is 2.44. The molecule has 0 bridgehead atoms. The summed E-state index contributed by atoms with van der Waals surface area (Å²) in [6.07, 6.45) is 0.591. The molecule has 108 valence electrons. The fourth-order valence-electron chi connectivity index (χ4n) is 1.51. The number of benzene rings is 2. The average molecular weight is 307 g/mol. The molecule has 2 aromatic rings. The molecule has 0 fully saturated rings. The first-order chi connectivity index (χ1) is 9.92. The van der Waals surface area contributed by atoms with Gasteiger partial charge in [-0.25, -0.2) is 0 Å². The topological polar surface area (TPSA) is 104 Å². The number of rotatable bonds is 5. The van der Waals surface area contributed by atoms with Gasteiger partial charge in [-0.05, 0) is 24.3 Å². The van der Waals surface area contributed by atoms with E-state index in [4.69, 9.17) is 4.18 Å². The van der Waals surface area contributed by atoms with E-state index in [9.17, 15) is 23.3 Å². The van der Waals surface area contributed by atoms with Gasteiger partial charge in [0.15, 0.2) is 0 Å². The van der Waals surface area contributed by atoms with E-state index in [0.29, 0.717) is 11.8 Å². The maximum atomic E-state index is 12.0. The largest absolute Gasteiger partial charge is 0.379 e. The zero-order valence-electron chi connectivity index (χ0n) is 10.5. The van der Waals surface area contributed by atoms with Crippen molar-refractivity contribution >= 4 is 22.1 Å². The van der Waals surface area contributed by atoms with Gasteiger partial charge < -0.3 is 4.18 Å². The second-order valence-electron chi connectivity index (χ2n) is 3.98. The van der Waals surface area contributed by atoms with Crippen molar-refractivity contribution in [2.45, 2.75) is 4.90 Å². The quantitative estimate of drug-likeness (QED) is 0.363. The minimum atomic E-state index is -4.06. The molecule has 0 aliphatic rings. The predicted molar refractivity (Wildman–Crippen MR) is 72.7 cm³/mol. The molecule has 0 spiro atoms. The van der Waals surface area contributed by atoms with Crippen LogP contribution in [-0.4, -0.2) is 19.6 Å². The number of hydrogen-bond acceptors (Lipinski definition) is 6. The van der Waals surface area contributed by atoms with Gasteiger partial charge in [-0.1, -0.05) is 12.1 Å². The standard InChI is InChI=1S/C13H9NO6S/c15-9-10-1-7-13(8-2-10)21(18,19)20-12-5-3-11(4-6-12)14(16)17/h1-9H. The minimum Gasteiger partial charge on any atom is -0.379 e. The van der Waals surface area contributed by atoms with Crippen molar-refractivity contribution in [3.63, 3.8) is 0 Å². The second kappa shape index (κ2) is 5.71. The number of nitrogens with zero attached hydrogens (tertiary/aromatic N) is 1. The Hall–Kier alpha value is -2.74. The molecule has 0 amide bonds. The van der Waals surface area contributed by atoms with E-state index in [1.54, 1.807) is 0 Å². The monoisotopic (exact) mass is 307 g/mol. The smallest absolute Gasteiger partial charge is 0.339 e. The van der Waals surface area contributed by atoms with Gasteiger partial charge in [0.2, 0.25) is 0 Å². The van der Waals surface area contributed by atoms with Crippen LogP contribution >= 0.6 is 0 Å². The summed E-state index contributed by atoms with van der Waals surface area (Å²) in [6.45, 7) is 0. The lowest BCUT2D eigenvalue weighted by atomic mass is 10.2. The van der Waals surface area contributed by atoms with Crippen molar-refractivity contribution in [3.05, 3.63) is 64.2 Å². The van der Waals surface area contributed by atoms with Crippen LogP contribution in [0.25, 0.3) is 0 Å². The van der Waals surface area contributed by atoms with E-state index in [0.717, 1.165) is 12.1 Å². The Balaban J connectivity index is 2.23. The Kier molecular flexibility index (Phi) is 3.99. The first-order valence-corrected chi connectivity index (χ1v) is 7.07. The first kappa shape index (κ1) is 14.7. The third-order valence-electron chi connectivity index (χ3n) is 2.56. The summed E-state index contributed by atoms with van der Waals surface area (Å²) in [5, 5.41) is 10.5. The summed E-state index contributed by atoms with van der Waals surface area (Å²) in [4.78, 5) is 20.3. The van der Waals surface area contributed by atoms with Gasteiger partial charge in [-0.15, -0.1) is 0 Å². The van der Waals surface area contributed by atoms with Crippen molar-refractivity contribution in [1.29, 1.82) is 0 Å². The summed E-state index contributed by atoms with van der Waals surface area (Å²) < 4.78 is 28.8. The first-order valence-electron chi connectivity index (χ1n) is 5.66. The van der Waals surface area contributed by atoms with Crippen LogP contribution in [-0.2, 0) is 10.1 Å². The summed E-state index contributed by atoms with van der Waals surface area (Å²) in [5.41, 5.74) is 0.166. The molecule has 0 N–H and O–H groups in total. The molecular weight excluding hydrogens is 298 g/mol.